The fraction of sp³-hybridized carbons (Fsp3) is 0.275. The third-order valence-corrected chi connectivity index (χ3v) is 12.3. The summed E-state index contributed by atoms with van der Waals surface area (Å²) < 4.78 is 21.8. The Balaban J connectivity index is 1.35. The zero-order valence-electron chi connectivity index (χ0n) is 35.6. The molecule has 0 unspecified atom stereocenters. The van der Waals surface area contributed by atoms with E-state index < -0.39 is 77.3 Å². The number of benzene rings is 5. The average Bonchev–Trinajstić information content (AvgIpc) is 3.82. The number of nitrogens with one attached hydrogen (secondary N) is 2. The predicted molar refractivity (Wildman–Crippen MR) is 236 cm³/mol. The highest BCUT2D eigenvalue weighted by atomic mass is 16.6. The molecule has 0 aromatic heterocycles. The summed E-state index contributed by atoms with van der Waals surface area (Å²) in [6.45, 7) is -0.415. The van der Waals surface area contributed by atoms with Crippen LogP contribution >= 0.6 is 0 Å². The van der Waals surface area contributed by atoms with Gasteiger partial charge in [0.25, 0.3) is 0 Å². The fourth-order valence-electron chi connectivity index (χ4n) is 9.48. The first-order valence-corrected chi connectivity index (χ1v) is 21.1. The van der Waals surface area contributed by atoms with Gasteiger partial charge in [-0.2, -0.15) is 0 Å². The number of aliphatic hydroxyl groups excluding tert-OH is 2. The molecule has 3 aliphatic heterocycles. The number of nitrogens with zero attached hydrogens (tertiary/aromatic N) is 1. The lowest BCUT2D eigenvalue weighted by molar-refractivity contribution is -0.178. The number of anilines is 1. The van der Waals surface area contributed by atoms with E-state index in [-0.39, 0.29) is 26.2 Å². The van der Waals surface area contributed by atoms with E-state index in [0.29, 0.717) is 39.3 Å². The van der Waals surface area contributed by atoms with Crippen molar-refractivity contribution in [2.75, 3.05) is 39.3 Å². The van der Waals surface area contributed by atoms with Gasteiger partial charge in [0.2, 0.25) is 11.8 Å². The molecule has 8 rings (SSSR count). The Morgan fingerprint density at radius 2 is 1.45 bits per heavy atom. The molecule has 0 aliphatic carbocycles. The molecule has 7 atom stereocenters. The number of rotatable bonds is 13. The number of cyclic esters (lactones) is 1. The SMILES string of the molecule is COC(=O)C(CC#Cc1ccc2c(c1)[C@]1(C(=O)N2)[C@H](c2ccc(OCCO)cc2)N2[C@H](c3ccccc3)[C@H](c3ccccc3)OC(=O)[C@H]2[C@@H]1C(=O)NC[C@H](O)c1ccccc1)C(=O)OC. The van der Waals surface area contributed by atoms with Gasteiger partial charge in [-0.1, -0.05) is 115 Å². The van der Waals surface area contributed by atoms with E-state index in [9.17, 15) is 19.8 Å². The number of fused-ring (bicyclic) bond motifs is 3. The first-order valence-electron chi connectivity index (χ1n) is 21.1. The largest absolute Gasteiger partial charge is 0.491 e. The Labute approximate surface area is 375 Å². The van der Waals surface area contributed by atoms with Crippen molar-refractivity contribution in [3.8, 4) is 17.6 Å². The maximum Gasteiger partial charge on any atom is 0.324 e. The third kappa shape index (κ3) is 8.33. The molecule has 5 aromatic carbocycles. The molecule has 3 heterocycles. The molecule has 14 nitrogen and oxygen atoms in total. The van der Waals surface area contributed by atoms with Crippen molar-refractivity contribution in [2.24, 2.45) is 11.8 Å². The molecular weight excluding hydrogens is 831 g/mol. The Morgan fingerprint density at radius 1 is 0.815 bits per heavy atom. The molecule has 2 fully saturated rings. The van der Waals surface area contributed by atoms with Crippen molar-refractivity contribution in [2.45, 2.75) is 42.2 Å². The van der Waals surface area contributed by atoms with Crippen LogP contribution in [0.1, 0.15) is 64.1 Å². The van der Waals surface area contributed by atoms with Gasteiger partial charge >= 0.3 is 17.9 Å². The van der Waals surface area contributed by atoms with Crippen LogP contribution in [0.2, 0.25) is 0 Å². The van der Waals surface area contributed by atoms with Crippen LogP contribution in [0.25, 0.3) is 0 Å². The molecule has 0 bridgehead atoms. The molecule has 0 radical (unpaired) electrons. The van der Waals surface area contributed by atoms with Crippen molar-refractivity contribution in [3.63, 3.8) is 0 Å². The van der Waals surface area contributed by atoms with Crippen LogP contribution in [-0.2, 0) is 43.6 Å². The van der Waals surface area contributed by atoms with Gasteiger partial charge in [0.15, 0.2) is 5.92 Å². The standard InChI is InChI=1S/C51H47N3O11/c1-62-47(58)37(48(59)63-2)20-12-13-31-21-26-39-38(29-31)51(50(61)53-39)41(46(57)52-30-40(56)32-14-6-3-7-15-32)43-49(60)65-44(34-18-10-5-11-19-34)42(33-16-8-4-9-17-33)54(43)45(51)35-22-24-36(25-23-35)64-28-27-55/h3-11,14-19,21-26,29,37,40-45,55-56H,20,27-28,30H2,1-2H3,(H,52,57)(H,53,61)/t40-,41+,42+,43+,44-,45-,51+/m0/s1. The minimum absolute atomic E-state index is 0.0399. The predicted octanol–water partition coefficient (Wildman–Crippen LogP) is 4.88. The molecule has 3 aliphatic rings. The van der Waals surface area contributed by atoms with E-state index in [1.165, 1.54) is 0 Å². The summed E-state index contributed by atoms with van der Waals surface area (Å²) in [4.78, 5) is 72.8. The zero-order valence-corrected chi connectivity index (χ0v) is 35.6. The van der Waals surface area contributed by atoms with E-state index in [0.717, 1.165) is 19.8 Å². The first kappa shape index (κ1) is 44.3. The molecule has 0 saturated carbocycles. The smallest absolute Gasteiger partial charge is 0.324 e. The molecule has 2 amide bonds. The van der Waals surface area contributed by atoms with Crippen molar-refractivity contribution in [1.29, 1.82) is 0 Å². The molecule has 2 saturated heterocycles. The second kappa shape index (κ2) is 19.2. The Kier molecular flexibility index (Phi) is 13.1. The van der Waals surface area contributed by atoms with E-state index in [1.807, 2.05) is 71.6 Å². The van der Waals surface area contributed by atoms with E-state index in [1.54, 1.807) is 66.7 Å². The lowest BCUT2D eigenvalue weighted by atomic mass is 9.65. The normalized spacial score (nSPS) is 22.4. The molecule has 65 heavy (non-hydrogen) atoms. The van der Waals surface area contributed by atoms with Gasteiger partial charge in [-0.15, -0.1) is 0 Å². The van der Waals surface area contributed by atoms with Crippen molar-refractivity contribution < 1.29 is 53.1 Å². The monoisotopic (exact) mass is 877 g/mol. The van der Waals surface area contributed by atoms with Gasteiger partial charge in [0.1, 0.15) is 29.9 Å². The number of hydrogen-bond donors (Lipinski definition) is 4. The minimum atomic E-state index is -1.87. The Bertz CT molecular complexity index is 2600. The van der Waals surface area contributed by atoms with Crippen LogP contribution in [0.5, 0.6) is 5.75 Å². The van der Waals surface area contributed by atoms with E-state index >= 15 is 14.4 Å². The van der Waals surface area contributed by atoms with Crippen molar-refractivity contribution in [3.05, 3.63) is 167 Å². The van der Waals surface area contributed by atoms with Crippen LogP contribution in [0.4, 0.5) is 5.69 Å². The molecule has 14 heteroatoms. The van der Waals surface area contributed by atoms with Gasteiger partial charge in [0.05, 0.1) is 44.9 Å². The summed E-state index contributed by atoms with van der Waals surface area (Å²) in [5.41, 5.74) is 1.82. The molecule has 5 aromatic rings. The number of carbonyl (C=O) groups excluding carboxylic acids is 5. The Hall–Kier alpha value is -7.31. The van der Waals surface area contributed by atoms with Gasteiger partial charge in [0, 0.05) is 24.2 Å². The van der Waals surface area contributed by atoms with Crippen LogP contribution in [0.3, 0.4) is 0 Å². The topological polar surface area (TPSA) is 190 Å². The summed E-state index contributed by atoms with van der Waals surface area (Å²) in [7, 11) is 2.32. The first-order chi connectivity index (χ1) is 31.6. The van der Waals surface area contributed by atoms with Gasteiger partial charge in [-0.05, 0) is 58.1 Å². The van der Waals surface area contributed by atoms with E-state index in [4.69, 9.17) is 18.9 Å². The highest BCUT2D eigenvalue weighted by Crippen LogP contribution is 2.64. The lowest BCUT2D eigenvalue weighted by Gasteiger charge is -2.46. The number of carbonyl (C=O) groups is 5. The van der Waals surface area contributed by atoms with Crippen molar-refractivity contribution >= 4 is 35.4 Å². The highest BCUT2D eigenvalue weighted by Gasteiger charge is 2.74. The number of amides is 2. The minimum Gasteiger partial charge on any atom is -0.491 e. The summed E-state index contributed by atoms with van der Waals surface area (Å²) in [5.74, 6) is -0.0120. The third-order valence-electron chi connectivity index (χ3n) is 12.3. The Morgan fingerprint density at radius 3 is 2.08 bits per heavy atom. The van der Waals surface area contributed by atoms with Crippen LogP contribution < -0.4 is 15.4 Å². The molecule has 1 spiro atoms. The molecule has 4 N–H and O–H groups in total. The summed E-state index contributed by atoms with van der Waals surface area (Å²) in [5, 5.41) is 26.8. The average molecular weight is 878 g/mol. The second-order valence-electron chi connectivity index (χ2n) is 15.9. The van der Waals surface area contributed by atoms with Crippen LogP contribution in [0.15, 0.2) is 133 Å². The zero-order chi connectivity index (χ0) is 45.7. The maximum absolute atomic E-state index is 15.5. The fourth-order valence-corrected chi connectivity index (χ4v) is 9.48. The second-order valence-corrected chi connectivity index (χ2v) is 15.9. The maximum atomic E-state index is 15.5. The van der Waals surface area contributed by atoms with Gasteiger partial charge in [-0.3, -0.25) is 28.9 Å². The lowest BCUT2D eigenvalue weighted by Crippen LogP contribution is -2.55. The summed E-state index contributed by atoms with van der Waals surface area (Å²) >= 11 is 0. The number of morpholine rings is 1. The van der Waals surface area contributed by atoms with Crippen LogP contribution in [0, 0.1) is 23.7 Å². The summed E-state index contributed by atoms with van der Waals surface area (Å²) in [6, 6.07) is 36.4. The van der Waals surface area contributed by atoms with Crippen LogP contribution in [-0.4, -0.2) is 84.9 Å². The van der Waals surface area contributed by atoms with Gasteiger partial charge < -0.3 is 39.8 Å². The number of esters is 3. The molecule has 332 valence electrons. The van der Waals surface area contributed by atoms with Gasteiger partial charge in [-0.25, -0.2) is 0 Å². The van der Waals surface area contributed by atoms with Crippen molar-refractivity contribution in [1.82, 2.24) is 10.2 Å². The number of methoxy groups -OCH3 is 2. The number of hydrogen-bond acceptors (Lipinski definition) is 12. The highest BCUT2D eigenvalue weighted by molar-refractivity contribution is 6.12. The molecular formula is C51H47N3O11. The quantitative estimate of drug-likeness (QED) is 0.0544. The number of ether oxygens (including phenoxy) is 4. The number of aliphatic hydroxyl groups is 2. The summed E-state index contributed by atoms with van der Waals surface area (Å²) in [6.07, 6.45) is -2.25. The van der Waals surface area contributed by atoms with E-state index in [2.05, 4.69) is 22.5 Å².